The van der Waals surface area contributed by atoms with Gasteiger partial charge in [-0.15, -0.1) is 0 Å². The molecular weight excluding hydrogens is 747 g/mol. The number of carbonyl (C=O) groups is 3. The number of hydrogen-bond donors (Lipinski definition) is 7. The predicted octanol–water partition coefficient (Wildman–Crippen LogP) is 10.3. The molecule has 0 saturated heterocycles. The Bertz CT molecular complexity index is 890. The Morgan fingerprint density at radius 2 is 0.767 bits per heavy atom. The Morgan fingerprint density at radius 1 is 0.400 bits per heavy atom. The van der Waals surface area contributed by atoms with Crippen LogP contribution in [0.1, 0.15) is 245 Å². The zero-order valence-electron chi connectivity index (χ0n) is 39.9. The maximum absolute atomic E-state index is 13.0. The summed E-state index contributed by atoms with van der Waals surface area (Å²) in [6, 6.07) is -0.257. The van der Waals surface area contributed by atoms with Crippen molar-refractivity contribution >= 4 is 17.7 Å². The highest BCUT2D eigenvalue weighted by molar-refractivity contribution is 5.89. The number of nitrogens with two attached hydrogens (primary N) is 2. The van der Waals surface area contributed by atoms with E-state index in [2.05, 4.69) is 40.4 Å². The van der Waals surface area contributed by atoms with Crippen LogP contribution < -0.4 is 38.1 Å². The monoisotopic (exact) mass is 850 g/mol. The van der Waals surface area contributed by atoms with Crippen molar-refractivity contribution in [3.63, 3.8) is 0 Å². The van der Waals surface area contributed by atoms with Gasteiger partial charge >= 0.3 is 0 Å². The van der Waals surface area contributed by atoms with Gasteiger partial charge in [0, 0.05) is 6.04 Å². The van der Waals surface area contributed by atoms with Crippen molar-refractivity contribution in [2.75, 3.05) is 45.8 Å². The van der Waals surface area contributed by atoms with Gasteiger partial charge in [-0.1, -0.05) is 206 Å². The van der Waals surface area contributed by atoms with Gasteiger partial charge in [-0.25, -0.2) is 0 Å². The average Bonchev–Trinajstić information content (AvgIpc) is 3.25. The second-order valence-corrected chi connectivity index (χ2v) is 17.9. The fourth-order valence-corrected chi connectivity index (χ4v) is 8.11. The highest BCUT2D eigenvalue weighted by Gasteiger charge is 2.19. The van der Waals surface area contributed by atoms with Crippen molar-refractivity contribution in [3.05, 3.63) is 0 Å². The molecule has 0 aromatic carbocycles. The van der Waals surface area contributed by atoms with Crippen LogP contribution in [0, 0.1) is 0 Å². The van der Waals surface area contributed by atoms with E-state index in [1.165, 1.54) is 180 Å². The first-order valence-corrected chi connectivity index (χ1v) is 26.2. The molecular formula is C50H103N7O3. The molecule has 0 aliphatic rings. The fraction of sp³-hybridized carbons (Fsp3) is 0.940. The van der Waals surface area contributed by atoms with Crippen LogP contribution in [0.3, 0.4) is 0 Å². The van der Waals surface area contributed by atoms with Gasteiger partial charge in [0.15, 0.2) is 0 Å². The molecule has 0 radical (unpaired) electrons. The molecule has 0 aromatic heterocycles. The maximum Gasteiger partial charge on any atom is 0.239 e. The number of hydrogen-bond acceptors (Lipinski definition) is 7. The number of nitrogens with one attached hydrogen (secondary N) is 5. The van der Waals surface area contributed by atoms with Crippen molar-refractivity contribution in [1.82, 2.24) is 26.6 Å². The Labute approximate surface area is 372 Å². The van der Waals surface area contributed by atoms with E-state index in [0.29, 0.717) is 26.1 Å². The third-order valence-corrected chi connectivity index (χ3v) is 12.0. The number of carbonyl (C=O) groups excluding carboxylic acids is 3. The summed E-state index contributed by atoms with van der Waals surface area (Å²) in [4.78, 5) is 38.7. The lowest BCUT2D eigenvalue weighted by Crippen LogP contribution is -2.49. The highest BCUT2D eigenvalue weighted by atomic mass is 16.2. The molecule has 3 amide bonds. The lowest BCUT2D eigenvalue weighted by atomic mass is 9.99. The normalized spacial score (nSPS) is 11.9. The predicted molar refractivity (Wildman–Crippen MR) is 258 cm³/mol. The van der Waals surface area contributed by atoms with Crippen molar-refractivity contribution in [3.8, 4) is 0 Å². The fourth-order valence-electron chi connectivity index (χ4n) is 8.11. The van der Waals surface area contributed by atoms with E-state index in [0.717, 1.165) is 58.0 Å². The first-order chi connectivity index (χ1) is 29.5. The van der Waals surface area contributed by atoms with Gasteiger partial charge in [0.25, 0.3) is 0 Å². The summed E-state index contributed by atoms with van der Waals surface area (Å²) in [6.07, 6.45) is 45.5. The van der Waals surface area contributed by atoms with Crippen LogP contribution >= 0.6 is 0 Å². The molecule has 0 fully saturated rings. The minimum absolute atomic E-state index is 0.0738. The molecule has 0 heterocycles. The molecule has 0 spiro atoms. The van der Waals surface area contributed by atoms with Gasteiger partial charge in [0.1, 0.15) is 0 Å². The van der Waals surface area contributed by atoms with Crippen molar-refractivity contribution in [1.29, 1.82) is 0 Å². The summed E-state index contributed by atoms with van der Waals surface area (Å²) in [5.41, 5.74) is 11.2. The minimum Gasteiger partial charge on any atom is -0.352 e. The smallest absolute Gasteiger partial charge is 0.239 e. The molecule has 0 rings (SSSR count). The SMILES string of the molecule is CCCCCCCCCCCCCCCCCC(CCCCCCCCCCCCCCCCC)NC(=O)CNC(=O)CNC(=O)[C@H](CCCNCCCN)NCCCN. The molecule has 0 saturated carbocycles. The Kier molecular flexibility index (Phi) is 46.9. The van der Waals surface area contributed by atoms with Crippen LogP contribution in [0.25, 0.3) is 0 Å². The Morgan fingerprint density at radius 3 is 1.18 bits per heavy atom. The minimum atomic E-state index is -0.399. The maximum atomic E-state index is 13.0. The van der Waals surface area contributed by atoms with E-state index < -0.39 is 6.04 Å². The van der Waals surface area contributed by atoms with Crippen molar-refractivity contribution < 1.29 is 14.4 Å². The number of unbranched alkanes of at least 4 members (excludes halogenated alkanes) is 28. The van der Waals surface area contributed by atoms with Crippen LogP contribution in [-0.2, 0) is 14.4 Å². The Hall–Kier alpha value is -1.75. The van der Waals surface area contributed by atoms with E-state index in [1.54, 1.807) is 0 Å². The van der Waals surface area contributed by atoms with Gasteiger partial charge < -0.3 is 38.1 Å². The van der Waals surface area contributed by atoms with Gasteiger partial charge in [-0.05, 0) is 71.2 Å². The molecule has 10 nitrogen and oxygen atoms in total. The molecule has 1 atom stereocenters. The largest absolute Gasteiger partial charge is 0.352 e. The molecule has 9 N–H and O–H groups in total. The first kappa shape index (κ1) is 58.2. The summed E-state index contributed by atoms with van der Waals surface area (Å²) >= 11 is 0. The highest BCUT2D eigenvalue weighted by Crippen LogP contribution is 2.17. The Balaban J connectivity index is 4.56. The number of rotatable bonds is 49. The van der Waals surface area contributed by atoms with Crippen LogP contribution in [0.15, 0.2) is 0 Å². The molecule has 10 heteroatoms. The van der Waals surface area contributed by atoms with E-state index in [9.17, 15) is 14.4 Å². The zero-order valence-corrected chi connectivity index (χ0v) is 39.9. The summed E-state index contributed by atoms with van der Waals surface area (Å²) < 4.78 is 0. The lowest BCUT2D eigenvalue weighted by molar-refractivity contribution is -0.128. The van der Waals surface area contributed by atoms with Gasteiger partial charge in [-0.2, -0.15) is 0 Å². The van der Waals surface area contributed by atoms with E-state index >= 15 is 0 Å². The van der Waals surface area contributed by atoms with Crippen LogP contribution in [-0.4, -0.2) is 75.6 Å². The van der Waals surface area contributed by atoms with E-state index in [1.807, 2.05) is 0 Å². The van der Waals surface area contributed by atoms with Crippen LogP contribution in [0.5, 0.6) is 0 Å². The zero-order chi connectivity index (χ0) is 43.8. The van der Waals surface area contributed by atoms with Crippen molar-refractivity contribution in [2.24, 2.45) is 11.5 Å². The summed E-state index contributed by atoms with van der Waals surface area (Å²) in [5, 5.41) is 15.4. The summed E-state index contributed by atoms with van der Waals surface area (Å²) in [6.45, 7) is 7.85. The van der Waals surface area contributed by atoms with E-state index in [-0.39, 0.29) is 36.9 Å². The van der Waals surface area contributed by atoms with Gasteiger partial charge in [0.05, 0.1) is 19.1 Å². The van der Waals surface area contributed by atoms with Crippen LogP contribution in [0.4, 0.5) is 0 Å². The molecule has 0 aliphatic heterocycles. The second-order valence-electron chi connectivity index (χ2n) is 17.9. The van der Waals surface area contributed by atoms with E-state index in [4.69, 9.17) is 11.5 Å². The molecule has 0 bridgehead atoms. The average molecular weight is 850 g/mol. The van der Waals surface area contributed by atoms with Crippen LogP contribution in [0.2, 0.25) is 0 Å². The quantitative estimate of drug-likeness (QED) is 0.0300. The lowest BCUT2D eigenvalue weighted by Gasteiger charge is -2.20. The third-order valence-electron chi connectivity index (χ3n) is 12.0. The third kappa shape index (κ3) is 42.9. The van der Waals surface area contributed by atoms with Gasteiger partial charge in [-0.3, -0.25) is 14.4 Å². The molecule has 0 aliphatic carbocycles. The standard InChI is InChI=1S/C50H103N7O3/c1-3-5-7-9-11-13-15-17-19-21-23-25-27-29-31-36-46(37-32-30-28-26-24-22-20-18-16-14-12-10-8-6-4-2)57-49(59)45-55-48(58)44-56-50(60)47(54-43-35-40-52)38-33-41-53-42-34-39-51/h46-47,53-54H,3-45,51-52H2,1-2H3,(H,55,58)(H,56,60)(H,57,59)/t47-/m0/s1. The second kappa shape index (κ2) is 48.3. The number of amides is 3. The molecule has 60 heavy (non-hydrogen) atoms. The molecule has 0 unspecified atom stereocenters. The summed E-state index contributed by atoms with van der Waals surface area (Å²) in [5.74, 6) is -0.713. The summed E-state index contributed by atoms with van der Waals surface area (Å²) in [7, 11) is 0. The van der Waals surface area contributed by atoms with Gasteiger partial charge in [0.2, 0.25) is 17.7 Å². The molecule has 0 aromatic rings. The molecule has 356 valence electrons. The first-order valence-electron chi connectivity index (χ1n) is 26.2. The van der Waals surface area contributed by atoms with Crippen molar-refractivity contribution in [2.45, 2.75) is 257 Å². The topological polar surface area (TPSA) is 163 Å².